The molecule has 1 saturated heterocycles. The third-order valence-corrected chi connectivity index (χ3v) is 7.72. The molecule has 0 aliphatic carbocycles. The van der Waals surface area contributed by atoms with E-state index in [9.17, 15) is 19.5 Å². The van der Waals surface area contributed by atoms with E-state index in [0.717, 1.165) is 4.70 Å². The van der Waals surface area contributed by atoms with Gasteiger partial charge in [-0.25, -0.2) is 9.78 Å². The molecule has 0 spiro atoms. The van der Waals surface area contributed by atoms with Gasteiger partial charge in [0.15, 0.2) is 16.6 Å². The molecule has 1 atom stereocenters. The highest BCUT2D eigenvalue weighted by Gasteiger charge is 2.48. The van der Waals surface area contributed by atoms with Crippen molar-refractivity contribution < 1.29 is 38.4 Å². The number of hydrogen-bond acceptors (Lipinski definition) is 10. The highest BCUT2D eigenvalue weighted by atomic mass is 32.1. The standard InChI is InChI=1S/C29H22N2O8S/c1-36-18-8-9-19-22(14-18)40-29(30-19)31-24(15-3-5-16(6-4-15)28(35)37-2)23(26(33)27(31)34)25(32)17-7-10-20-21(13-17)39-12-11-38-20/h3-10,13-14,24,32H,11-12H2,1-2H3/t24-/m0/s1. The quantitative estimate of drug-likeness (QED) is 0.163. The van der Waals surface area contributed by atoms with Gasteiger partial charge in [-0.2, -0.15) is 0 Å². The number of ether oxygens (including phenoxy) is 4. The molecule has 0 unspecified atom stereocenters. The number of Topliss-reactive ketones (excluding diaryl/α,β-unsaturated/α-hetero) is 1. The van der Waals surface area contributed by atoms with Gasteiger partial charge in [0.25, 0.3) is 5.78 Å². The Labute approximate surface area is 232 Å². The molecule has 2 aliphatic heterocycles. The maximum absolute atomic E-state index is 13.5. The molecule has 2 aliphatic rings. The summed E-state index contributed by atoms with van der Waals surface area (Å²) in [6, 6.07) is 15.4. The normalized spacial score (nSPS) is 17.8. The second-order valence-electron chi connectivity index (χ2n) is 8.97. The maximum atomic E-state index is 13.5. The first-order chi connectivity index (χ1) is 19.4. The lowest BCUT2D eigenvalue weighted by atomic mass is 9.94. The Morgan fingerprint density at radius 3 is 2.42 bits per heavy atom. The summed E-state index contributed by atoms with van der Waals surface area (Å²) in [6.45, 7) is 0.746. The summed E-state index contributed by atoms with van der Waals surface area (Å²) in [5.74, 6) is -1.05. The zero-order valence-corrected chi connectivity index (χ0v) is 22.2. The highest BCUT2D eigenvalue weighted by molar-refractivity contribution is 7.22. The van der Waals surface area contributed by atoms with Gasteiger partial charge in [0.05, 0.1) is 41.6 Å². The highest BCUT2D eigenvalue weighted by Crippen LogP contribution is 2.45. The first kappa shape index (κ1) is 25.4. The molecular formula is C29H22N2O8S. The summed E-state index contributed by atoms with van der Waals surface area (Å²) >= 11 is 1.22. The Bertz CT molecular complexity index is 1710. The van der Waals surface area contributed by atoms with Crippen molar-refractivity contribution in [3.8, 4) is 17.2 Å². The number of carbonyl (C=O) groups is 3. The van der Waals surface area contributed by atoms with Crippen LogP contribution in [0.15, 0.2) is 66.2 Å². The molecule has 1 N–H and O–H groups in total. The van der Waals surface area contributed by atoms with Crippen LogP contribution in [0.4, 0.5) is 5.13 Å². The molecule has 1 amide bonds. The summed E-state index contributed by atoms with van der Waals surface area (Å²) in [7, 11) is 2.83. The fourth-order valence-corrected chi connectivity index (χ4v) is 5.75. The van der Waals surface area contributed by atoms with Gasteiger partial charge in [-0.15, -0.1) is 0 Å². The van der Waals surface area contributed by atoms with E-state index in [1.807, 2.05) is 0 Å². The van der Waals surface area contributed by atoms with E-state index in [1.165, 1.54) is 35.5 Å². The molecular weight excluding hydrogens is 536 g/mol. The van der Waals surface area contributed by atoms with E-state index in [4.69, 9.17) is 18.9 Å². The number of esters is 1. The third-order valence-electron chi connectivity index (χ3n) is 6.70. The number of methoxy groups -OCH3 is 2. The van der Waals surface area contributed by atoms with Gasteiger partial charge >= 0.3 is 11.9 Å². The molecule has 10 nitrogen and oxygen atoms in total. The van der Waals surface area contributed by atoms with Crippen molar-refractivity contribution in [2.45, 2.75) is 6.04 Å². The number of anilines is 1. The number of ketones is 1. The molecule has 3 aromatic carbocycles. The van der Waals surface area contributed by atoms with Crippen LogP contribution >= 0.6 is 11.3 Å². The van der Waals surface area contributed by atoms with Gasteiger partial charge in [0, 0.05) is 5.56 Å². The largest absolute Gasteiger partial charge is 0.507 e. The number of rotatable bonds is 5. The van der Waals surface area contributed by atoms with Gasteiger partial charge < -0.3 is 24.1 Å². The van der Waals surface area contributed by atoms with Crippen molar-refractivity contribution in [1.82, 2.24) is 4.98 Å². The van der Waals surface area contributed by atoms with Crippen molar-refractivity contribution in [2.24, 2.45) is 0 Å². The van der Waals surface area contributed by atoms with Crippen molar-refractivity contribution in [1.29, 1.82) is 0 Å². The summed E-state index contributed by atoms with van der Waals surface area (Å²) in [5, 5.41) is 11.7. The van der Waals surface area contributed by atoms with E-state index in [1.54, 1.807) is 55.6 Å². The lowest BCUT2D eigenvalue weighted by molar-refractivity contribution is -0.132. The number of benzene rings is 3. The number of aliphatic hydroxyl groups is 1. The maximum Gasteiger partial charge on any atom is 0.337 e. The lowest BCUT2D eigenvalue weighted by Gasteiger charge is -2.23. The smallest absolute Gasteiger partial charge is 0.337 e. The number of fused-ring (bicyclic) bond motifs is 2. The van der Waals surface area contributed by atoms with Gasteiger partial charge in [0.2, 0.25) is 0 Å². The fourth-order valence-electron chi connectivity index (χ4n) is 4.73. The second kappa shape index (κ2) is 10.0. The summed E-state index contributed by atoms with van der Waals surface area (Å²) in [4.78, 5) is 45.0. The summed E-state index contributed by atoms with van der Waals surface area (Å²) in [6.07, 6.45) is 0. The molecule has 1 fully saturated rings. The summed E-state index contributed by atoms with van der Waals surface area (Å²) < 4.78 is 22.1. The average molecular weight is 559 g/mol. The van der Waals surface area contributed by atoms with Gasteiger partial charge in [-0.05, 0) is 54.1 Å². The van der Waals surface area contributed by atoms with Crippen LogP contribution in [-0.4, -0.2) is 55.2 Å². The van der Waals surface area contributed by atoms with E-state index in [0.29, 0.717) is 47.1 Å². The molecule has 202 valence electrons. The van der Waals surface area contributed by atoms with Crippen LogP contribution in [0.1, 0.15) is 27.5 Å². The molecule has 40 heavy (non-hydrogen) atoms. The summed E-state index contributed by atoms with van der Waals surface area (Å²) in [5.41, 5.74) is 1.57. The van der Waals surface area contributed by atoms with E-state index in [2.05, 4.69) is 4.98 Å². The molecule has 11 heteroatoms. The average Bonchev–Trinajstić information content (AvgIpc) is 3.53. The zero-order chi connectivity index (χ0) is 28.0. The number of nitrogens with zero attached hydrogens (tertiary/aromatic N) is 2. The van der Waals surface area contributed by atoms with Crippen LogP contribution in [0.5, 0.6) is 17.2 Å². The SMILES string of the molecule is COC(=O)c1ccc([C@H]2C(=C(O)c3ccc4c(c3)OCCO4)C(=O)C(=O)N2c2nc3ccc(OC)cc3s2)cc1. The Hall–Kier alpha value is -4.90. The van der Waals surface area contributed by atoms with Crippen LogP contribution in [0.25, 0.3) is 16.0 Å². The molecule has 4 aromatic rings. The molecule has 6 rings (SSSR count). The lowest BCUT2D eigenvalue weighted by Crippen LogP contribution is -2.29. The van der Waals surface area contributed by atoms with Crippen LogP contribution < -0.4 is 19.1 Å². The first-order valence-corrected chi connectivity index (χ1v) is 13.0. The Morgan fingerprint density at radius 2 is 1.70 bits per heavy atom. The Balaban J connectivity index is 1.52. The van der Waals surface area contributed by atoms with Crippen LogP contribution in [-0.2, 0) is 14.3 Å². The first-order valence-electron chi connectivity index (χ1n) is 12.2. The predicted octanol–water partition coefficient (Wildman–Crippen LogP) is 4.49. The van der Waals surface area contributed by atoms with Gasteiger partial charge in [-0.3, -0.25) is 14.5 Å². The number of carbonyl (C=O) groups excluding carboxylic acids is 3. The van der Waals surface area contributed by atoms with Crippen molar-refractivity contribution in [3.05, 3.63) is 82.9 Å². The Kier molecular flexibility index (Phi) is 6.35. The van der Waals surface area contributed by atoms with Gasteiger partial charge in [0.1, 0.15) is 24.7 Å². The van der Waals surface area contributed by atoms with Crippen LogP contribution in [0.3, 0.4) is 0 Å². The fraction of sp³-hybridized carbons (Fsp3) is 0.172. The molecule has 3 heterocycles. The minimum atomic E-state index is -1.03. The molecule has 0 bridgehead atoms. The van der Waals surface area contributed by atoms with Gasteiger partial charge in [-0.1, -0.05) is 23.5 Å². The number of hydrogen-bond donors (Lipinski definition) is 1. The van der Waals surface area contributed by atoms with E-state index in [-0.39, 0.29) is 22.0 Å². The third kappa shape index (κ3) is 4.20. The van der Waals surface area contributed by atoms with Crippen LogP contribution in [0, 0.1) is 0 Å². The second-order valence-corrected chi connectivity index (χ2v) is 9.98. The van der Waals surface area contributed by atoms with Crippen molar-refractivity contribution >= 4 is 50.1 Å². The number of amides is 1. The number of aromatic nitrogens is 1. The van der Waals surface area contributed by atoms with E-state index < -0.39 is 23.7 Å². The molecule has 0 saturated carbocycles. The zero-order valence-electron chi connectivity index (χ0n) is 21.4. The van der Waals surface area contributed by atoms with Crippen molar-refractivity contribution in [3.63, 3.8) is 0 Å². The van der Waals surface area contributed by atoms with E-state index >= 15 is 0 Å². The van der Waals surface area contributed by atoms with Crippen LogP contribution in [0.2, 0.25) is 0 Å². The number of aliphatic hydroxyl groups excluding tert-OH is 1. The Morgan fingerprint density at radius 1 is 0.975 bits per heavy atom. The minimum Gasteiger partial charge on any atom is -0.507 e. The monoisotopic (exact) mass is 558 g/mol. The minimum absolute atomic E-state index is 0.121. The van der Waals surface area contributed by atoms with Crippen molar-refractivity contribution in [2.75, 3.05) is 32.3 Å². The topological polar surface area (TPSA) is 124 Å². The molecule has 0 radical (unpaired) electrons. The molecule has 1 aromatic heterocycles. The number of thiazole rings is 1. The predicted molar refractivity (Wildman–Crippen MR) is 146 cm³/mol.